The molecule has 17 heavy (non-hydrogen) atoms. The number of rotatable bonds is 1. The second kappa shape index (κ2) is 3.52. The molecule has 5 aliphatic carbocycles. The summed E-state index contributed by atoms with van der Waals surface area (Å²) in [4.78, 5) is 0. The van der Waals surface area contributed by atoms with E-state index in [2.05, 4.69) is 0 Å². The van der Waals surface area contributed by atoms with E-state index < -0.39 is 0 Å². The van der Waals surface area contributed by atoms with Crippen molar-refractivity contribution < 1.29 is 0 Å². The van der Waals surface area contributed by atoms with Crippen molar-refractivity contribution in [2.24, 2.45) is 28.6 Å². The Kier molecular flexibility index (Phi) is 2.25. The Labute approximate surface area is 107 Å². The lowest BCUT2D eigenvalue weighted by atomic mass is 9.41. The molecule has 0 aromatic rings. The van der Waals surface area contributed by atoms with Gasteiger partial charge < -0.3 is 0 Å². The topological polar surface area (TPSA) is 0 Å². The van der Waals surface area contributed by atoms with Gasteiger partial charge in [0, 0.05) is 0 Å². The zero-order valence-corrected chi connectivity index (χ0v) is 11.2. The fourth-order valence-corrected chi connectivity index (χ4v) is 6.52. The second-order valence-electron chi connectivity index (χ2n) is 8.04. The molecular formula is C17H27. The lowest BCUT2D eigenvalue weighted by Crippen LogP contribution is -2.54. The molecule has 0 unspecified atom stereocenters. The molecule has 5 saturated carbocycles. The molecule has 0 heterocycles. The van der Waals surface area contributed by atoms with Gasteiger partial charge in [0.15, 0.2) is 0 Å². The Morgan fingerprint density at radius 2 is 1.18 bits per heavy atom. The molecule has 5 aliphatic rings. The normalized spacial score (nSPS) is 51.7. The molecule has 4 bridgehead atoms. The number of hydrogen-bond donors (Lipinski definition) is 0. The molecule has 0 spiro atoms. The van der Waals surface area contributed by atoms with Crippen LogP contribution < -0.4 is 0 Å². The summed E-state index contributed by atoms with van der Waals surface area (Å²) >= 11 is 0. The van der Waals surface area contributed by atoms with E-state index in [0.29, 0.717) is 10.8 Å². The van der Waals surface area contributed by atoms with Gasteiger partial charge in [-0.3, -0.25) is 0 Å². The van der Waals surface area contributed by atoms with E-state index in [4.69, 9.17) is 6.92 Å². The predicted molar refractivity (Wildman–Crippen MR) is 71.5 cm³/mol. The van der Waals surface area contributed by atoms with E-state index in [-0.39, 0.29) is 0 Å². The molecule has 5 fully saturated rings. The maximum Gasteiger partial charge on any atom is -0.0233 e. The fraction of sp³-hybridized carbons (Fsp3) is 0.941. The quantitative estimate of drug-likeness (QED) is 0.596. The minimum atomic E-state index is 0.487. The molecule has 0 saturated heterocycles. The lowest BCUT2D eigenvalue weighted by Gasteiger charge is -2.64. The van der Waals surface area contributed by atoms with Crippen LogP contribution in [0.3, 0.4) is 0 Å². The van der Waals surface area contributed by atoms with E-state index in [1.165, 1.54) is 32.1 Å². The maximum atomic E-state index is 4.82. The van der Waals surface area contributed by atoms with E-state index in [1.807, 2.05) is 0 Å². The van der Waals surface area contributed by atoms with Crippen LogP contribution in [-0.4, -0.2) is 0 Å². The fourth-order valence-electron chi connectivity index (χ4n) is 6.52. The molecule has 0 nitrogen and oxygen atoms in total. The molecule has 0 aliphatic heterocycles. The molecule has 0 aromatic carbocycles. The first-order valence-electron chi connectivity index (χ1n) is 8.05. The summed E-state index contributed by atoms with van der Waals surface area (Å²) in [5.74, 6) is 3.30. The van der Waals surface area contributed by atoms with Crippen LogP contribution in [0.15, 0.2) is 0 Å². The third-order valence-corrected chi connectivity index (χ3v) is 6.97. The van der Waals surface area contributed by atoms with Crippen molar-refractivity contribution in [3.63, 3.8) is 0 Å². The van der Waals surface area contributed by atoms with E-state index in [9.17, 15) is 0 Å². The van der Waals surface area contributed by atoms with Gasteiger partial charge in [0.05, 0.1) is 0 Å². The number of hydrogen-bond acceptors (Lipinski definition) is 0. The van der Waals surface area contributed by atoms with Gasteiger partial charge in [-0.2, -0.15) is 0 Å². The van der Waals surface area contributed by atoms with Crippen LogP contribution in [0, 0.1) is 35.5 Å². The van der Waals surface area contributed by atoms with Gasteiger partial charge in [-0.15, -0.1) is 0 Å². The van der Waals surface area contributed by atoms with Crippen LogP contribution in [0.1, 0.15) is 70.6 Å². The first-order chi connectivity index (χ1) is 8.19. The van der Waals surface area contributed by atoms with Gasteiger partial charge in [0.1, 0.15) is 0 Å². The Morgan fingerprint density at radius 1 is 0.706 bits per heavy atom. The summed E-state index contributed by atoms with van der Waals surface area (Å²) in [6, 6.07) is 0. The van der Waals surface area contributed by atoms with Crippen molar-refractivity contribution in [2.45, 2.75) is 70.6 Å². The van der Waals surface area contributed by atoms with E-state index in [0.717, 1.165) is 17.8 Å². The predicted octanol–water partition coefficient (Wildman–Crippen LogP) is 4.99. The third-order valence-electron chi connectivity index (χ3n) is 6.97. The van der Waals surface area contributed by atoms with Gasteiger partial charge >= 0.3 is 0 Å². The van der Waals surface area contributed by atoms with Gasteiger partial charge in [0.2, 0.25) is 0 Å². The molecular weight excluding hydrogens is 204 g/mol. The monoisotopic (exact) mass is 231 g/mol. The summed E-state index contributed by atoms with van der Waals surface area (Å²) in [5, 5.41) is 0. The third kappa shape index (κ3) is 1.48. The first kappa shape index (κ1) is 10.9. The highest BCUT2D eigenvalue weighted by Crippen LogP contribution is 2.68. The van der Waals surface area contributed by atoms with Crippen LogP contribution in [-0.2, 0) is 0 Å². The Balaban J connectivity index is 1.67. The zero-order chi connectivity index (χ0) is 11.5. The van der Waals surface area contributed by atoms with Crippen molar-refractivity contribution in [1.29, 1.82) is 0 Å². The van der Waals surface area contributed by atoms with Crippen LogP contribution >= 0.6 is 0 Å². The van der Waals surface area contributed by atoms with Crippen LogP contribution in [0.5, 0.6) is 0 Å². The molecule has 0 aromatic heterocycles. The van der Waals surface area contributed by atoms with Crippen molar-refractivity contribution in [2.75, 3.05) is 0 Å². The van der Waals surface area contributed by atoms with E-state index >= 15 is 0 Å². The van der Waals surface area contributed by atoms with Crippen molar-refractivity contribution in [3.8, 4) is 0 Å². The van der Waals surface area contributed by atoms with Crippen LogP contribution in [0.25, 0.3) is 0 Å². The Morgan fingerprint density at radius 3 is 1.65 bits per heavy atom. The smallest absolute Gasteiger partial charge is 0.0233 e. The molecule has 0 atom stereocenters. The van der Waals surface area contributed by atoms with Crippen molar-refractivity contribution in [1.82, 2.24) is 0 Å². The highest BCUT2D eigenvalue weighted by Gasteiger charge is 2.58. The lowest BCUT2D eigenvalue weighted by molar-refractivity contribution is -0.126. The van der Waals surface area contributed by atoms with Gasteiger partial charge in [-0.05, 0) is 86.9 Å². The SMILES string of the molecule is [CH2]C1(C23CC4CC(CC(C4)C2)C3)CCCCC1. The summed E-state index contributed by atoms with van der Waals surface area (Å²) in [5.41, 5.74) is 1.18. The molecule has 0 heteroatoms. The zero-order valence-electron chi connectivity index (χ0n) is 11.2. The highest BCUT2D eigenvalue weighted by atomic mass is 14.6. The summed E-state index contributed by atoms with van der Waals surface area (Å²) < 4.78 is 0. The van der Waals surface area contributed by atoms with Gasteiger partial charge in [-0.25, -0.2) is 0 Å². The molecule has 0 amide bonds. The molecule has 0 N–H and O–H groups in total. The minimum Gasteiger partial charge on any atom is -0.0533 e. The van der Waals surface area contributed by atoms with Crippen LogP contribution in [0.4, 0.5) is 0 Å². The largest absolute Gasteiger partial charge is 0.0533 e. The molecule has 95 valence electrons. The second-order valence-corrected chi connectivity index (χ2v) is 8.04. The summed E-state index contributed by atoms with van der Waals surface area (Å²) in [7, 11) is 0. The maximum absolute atomic E-state index is 4.82. The standard InChI is InChI=1S/C17H27/c1-16(5-3-2-4-6-16)17-10-13-7-14(11-17)9-15(8-13)12-17/h13-15H,1-12H2. The molecule has 5 rings (SSSR count). The Hall–Kier alpha value is 0. The minimum absolute atomic E-state index is 0.487. The van der Waals surface area contributed by atoms with Crippen molar-refractivity contribution in [3.05, 3.63) is 6.92 Å². The van der Waals surface area contributed by atoms with E-state index in [1.54, 1.807) is 38.5 Å². The summed E-state index contributed by atoms with van der Waals surface area (Å²) in [6.07, 6.45) is 16.7. The first-order valence-corrected chi connectivity index (χ1v) is 8.05. The summed E-state index contributed by atoms with van der Waals surface area (Å²) in [6.45, 7) is 4.82. The average Bonchev–Trinajstić information content (AvgIpc) is 2.28. The Bertz CT molecular complexity index is 273. The average molecular weight is 231 g/mol. The van der Waals surface area contributed by atoms with Crippen molar-refractivity contribution >= 4 is 0 Å². The molecule has 1 radical (unpaired) electrons. The highest BCUT2D eigenvalue weighted by molar-refractivity contribution is 5.10. The van der Waals surface area contributed by atoms with Crippen LogP contribution in [0.2, 0.25) is 0 Å². The van der Waals surface area contributed by atoms with Gasteiger partial charge in [0.25, 0.3) is 0 Å². The van der Waals surface area contributed by atoms with Gasteiger partial charge in [-0.1, -0.05) is 19.3 Å².